The third kappa shape index (κ3) is 2.95. The lowest BCUT2D eigenvalue weighted by Gasteiger charge is -2.33. The number of pyridine rings is 1. The number of carbonyl (C=O) groups excluding carboxylic acids is 1. The van der Waals surface area contributed by atoms with Crippen molar-refractivity contribution in [2.75, 3.05) is 0 Å². The van der Waals surface area contributed by atoms with Crippen LogP contribution in [-0.4, -0.2) is 41.3 Å². The molecule has 31 heavy (non-hydrogen) atoms. The van der Waals surface area contributed by atoms with Crippen LogP contribution in [0.1, 0.15) is 21.6 Å². The third-order valence-electron chi connectivity index (χ3n) is 5.54. The van der Waals surface area contributed by atoms with Gasteiger partial charge < -0.3 is 4.90 Å². The van der Waals surface area contributed by atoms with Gasteiger partial charge in [-0.2, -0.15) is 5.10 Å². The highest BCUT2D eigenvalue weighted by molar-refractivity contribution is 6.42. The van der Waals surface area contributed by atoms with E-state index < -0.39 is 29.4 Å². The van der Waals surface area contributed by atoms with Crippen molar-refractivity contribution in [1.82, 2.24) is 19.7 Å². The summed E-state index contributed by atoms with van der Waals surface area (Å²) in [7, 11) is 14.0. The van der Waals surface area contributed by atoms with Gasteiger partial charge in [-0.25, -0.2) is 8.78 Å². The summed E-state index contributed by atoms with van der Waals surface area (Å²) >= 11 is 0. The molecular weight excluding hydrogens is 396 g/mol. The summed E-state index contributed by atoms with van der Waals surface area (Å²) in [6, 6.07) is 11.0. The van der Waals surface area contributed by atoms with E-state index in [0.29, 0.717) is 16.6 Å². The minimum Gasteiger partial charge on any atom is -0.340 e. The zero-order valence-corrected chi connectivity index (χ0v) is 16.5. The number of benzene rings is 2. The highest BCUT2D eigenvalue weighted by Gasteiger charge is 2.43. The Kier molecular flexibility index (Phi) is 4.25. The topological polar surface area (TPSA) is 51.0 Å². The number of amides is 1. The third-order valence-corrected chi connectivity index (χ3v) is 5.54. The van der Waals surface area contributed by atoms with Crippen LogP contribution in [0.2, 0.25) is 0 Å². The van der Waals surface area contributed by atoms with Gasteiger partial charge in [0.15, 0.2) is 0 Å². The maximum Gasteiger partial charge on any atom is 0.255 e. The second-order valence-corrected chi connectivity index (χ2v) is 7.58. The monoisotopic (exact) mass is 410 g/mol. The smallest absolute Gasteiger partial charge is 0.255 e. The van der Waals surface area contributed by atoms with Gasteiger partial charge in [-0.15, -0.1) is 0 Å². The highest BCUT2D eigenvalue weighted by atomic mass is 19.1. The molecule has 0 saturated heterocycles. The first kappa shape index (κ1) is 19.5. The maximum absolute atomic E-state index is 15.1. The molecule has 0 atom stereocenters. The van der Waals surface area contributed by atoms with Gasteiger partial charge in [0.2, 0.25) is 0 Å². The zero-order valence-electron chi connectivity index (χ0n) is 16.5. The zero-order chi connectivity index (χ0) is 21.9. The minimum absolute atomic E-state index is 0.167. The number of hydrogen-bond donors (Lipinski definition) is 0. The highest BCUT2D eigenvalue weighted by Crippen LogP contribution is 2.36. The molecule has 0 saturated carbocycles. The molecule has 2 aromatic carbocycles. The lowest BCUT2D eigenvalue weighted by molar-refractivity contribution is 0.0727. The fourth-order valence-electron chi connectivity index (χ4n) is 4.02. The normalized spacial score (nSPS) is 14.9. The Bertz CT molecular complexity index is 1350. The van der Waals surface area contributed by atoms with E-state index in [0.717, 1.165) is 10.3 Å². The molecule has 148 valence electrons. The Morgan fingerprint density at radius 3 is 2.48 bits per heavy atom. The molecule has 4 aromatic rings. The molecule has 2 aromatic heterocycles. The number of rotatable bonds is 3. The summed E-state index contributed by atoms with van der Waals surface area (Å²) in [5.74, 6) is -2.14. The summed E-state index contributed by atoms with van der Waals surface area (Å²) in [6.45, 7) is -0.433. The number of aromatic nitrogens is 3. The van der Waals surface area contributed by atoms with E-state index in [-0.39, 0.29) is 16.8 Å². The summed E-state index contributed by atoms with van der Waals surface area (Å²) in [5, 5.41) is 3.33. The number of nitrogens with zero attached hydrogens (tertiary/aromatic N) is 4. The molecule has 0 spiro atoms. The van der Waals surface area contributed by atoms with Crippen LogP contribution < -0.4 is 0 Å². The van der Waals surface area contributed by atoms with Gasteiger partial charge in [-0.1, -0.05) is 12.1 Å². The van der Waals surface area contributed by atoms with Gasteiger partial charge in [-0.05, 0) is 41.5 Å². The number of halogens is 2. The Labute approximate surface area is 179 Å². The van der Waals surface area contributed by atoms with E-state index in [1.807, 2.05) is 6.07 Å². The predicted molar refractivity (Wildman–Crippen MR) is 113 cm³/mol. The molecule has 0 aliphatic carbocycles. The Morgan fingerprint density at radius 1 is 1.06 bits per heavy atom. The second kappa shape index (κ2) is 6.77. The van der Waals surface area contributed by atoms with Crippen molar-refractivity contribution in [3.8, 4) is 11.1 Å². The average molecular weight is 410 g/mol. The van der Waals surface area contributed by atoms with Crippen molar-refractivity contribution in [3.63, 3.8) is 0 Å². The SMILES string of the molecule is [B]C1([B])c2ncccc2C(=O)N1Cc1c(F)cc(-c2cccc3nn(C)cc23)cc1F. The van der Waals surface area contributed by atoms with Gasteiger partial charge in [0.05, 0.1) is 39.0 Å². The predicted octanol–water partition coefficient (Wildman–Crippen LogP) is 3.02. The lowest BCUT2D eigenvalue weighted by Crippen LogP contribution is -2.45. The van der Waals surface area contributed by atoms with Crippen LogP contribution in [0.4, 0.5) is 8.78 Å². The van der Waals surface area contributed by atoms with E-state index in [2.05, 4.69) is 10.1 Å². The minimum atomic E-state index is -1.77. The second-order valence-electron chi connectivity index (χ2n) is 7.58. The van der Waals surface area contributed by atoms with Crippen molar-refractivity contribution in [3.05, 3.63) is 83.3 Å². The van der Waals surface area contributed by atoms with E-state index >= 15 is 8.78 Å². The fourth-order valence-corrected chi connectivity index (χ4v) is 4.02. The van der Waals surface area contributed by atoms with Crippen LogP contribution in [0.25, 0.3) is 22.0 Å². The first-order valence-corrected chi connectivity index (χ1v) is 9.53. The van der Waals surface area contributed by atoms with Gasteiger partial charge in [0.25, 0.3) is 5.91 Å². The summed E-state index contributed by atoms with van der Waals surface area (Å²) in [6.07, 6.45) is 3.25. The first-order chi connectivity index (χ1) is 14.8. The standard InChI is InChI=1S/C22H14B2F2N4O/c1-29-10-15-13(4-2-6-19(15)28-29)12-8-17(25)16(18(26)9-12)11-30-21(31)14-5-3-7-27-20(14)22(30,23)24/h2-10H,11H2,1H3. The van der Waals surface area contributed by atoms with Gasteiger partial charge in [0, 0.05) is 35.7 Å². The van der Waals surface area contributed by atoms with Crippen LogP contribution in [0.15, 0.2) is 54.9 Å². The summed E-state index contributed by atoms with van der Waals surface area (Å²) in [4.78, 5) is 17.8. The van der Waals surface area contributed by atoms with Crippen molar-refractivity contribution >= 4 is 32.5 Å². The first-order valence-electron chi connectivity index (χ1n) is 9.53. The van der Waals surface area contributed by atoms with Crippen LogP contribution >= 0.6 is 0 Å². The molecule has 5 nitrogen and oxygen atoms in total. The molecule has 3 heterocycles. The quantitative estimate of drug-likeness (QED) is 0.489. The largest absolute Gasteiger partial charge is 0.340 e. The van der Waals surface area contributed by atoms with Crippen molar-refractivity contribution in [1.29, 1.82) is 0 Å². The van der Waals surface area contributed by atoms with E-state index in [1.165, 1.54) is 24.4 Å². The lowest BCUT2D eigenvalue weighted by atomic mass is 9.59. The molecule has 4 radical (unpaired) electrons. The molecule has 1 aliphatic heterocycles. The van der Waals surface area contributed by atoms with Crippen LogP contribution in [0.3, 0.4) is 0 Å². The van der Waals surface area contributed by atoms with Crippen LogP contribution in [0.5, 0.6) is 0 Å². The van der Waals surface area contributed by atoms with Crippen molar-refractivity contribution in [2.45, 2.75) is 11.9 Å². The molecule has 0 bridgehead atoms. The van der Waals surface area contributed by atoms with E-state index in [4.69, 9.17) is 15.7 Å². The fraction of sp³-hybridized carbons (Fsp3) is 0.136. The summed E-state index contributed by atoms with van der Waals surface area (Å²) in [5.41, 5.74) is 1.81. The molecule has 0 N–H and O–H groups in total. The van der Waals surface area contributed by atoms with Gasteiger partial charge >= 0.3 is 0 Å². The number of carbonyl (C=O) groups is 1. The van der Waals surface area contributed by atoms with Crippen LogP contribution in [0, 0.1) is 11.6 Å². The van der Waals surface area contributed by atoms with E-state index in [9.17, 15) is 4.79 Å². The maximum atomic E-state index is 15.1. The van der Waals surface area contributed by atoms with Crippen LogP contribution in [-0.2, 0) is 18.9 Å². The summed E-state index contributed by atoms with van der Waals surface area (Å²) < 4.78 is 31.8. The number of aryl methyl sites for hydroxylation is 1. The van der Waals surface area contributed by atoms with E-state index in [1.54, 1.807) is 36.1 Å². The molecule has 0 fully saturated rings. The molecule has 1 aliphatic rings. The molecule has 5 rings (SSSR count). The van der Waals surface area contributed by atoms with Gasteiger partial charge in [-0.3, -0.25) is 14.5 Å². The Hall–Kier alpha value is -3.48. The molecule has 9 heteroatoms. The molecule has 0 unspecified atom stereocenters. The van der Waals surface area contributed by atoms with Crippen molar-refractivity contribution in [2.24, 2.45) is 7.05 Å². The Balaban J connectivity index is 1.55. The number of fused-ring (bicyclic) bond motifs is 2. The Morgan fingerprint density at radius 2 is 1.77 bits per heavy atom. The molecular formula is C22H14B2F2N4O. The molecule has 1 amide bonds. The van der Waals surface area contributed by atoms with Gasteiger partial charge in [0.1, 0.15) is 11.6 Å². The van der Waals surface area contributed by atoms with Crippen molar-refractivity contribution < 1.29 is 13.6 Å². The number of hydrogen-bond acceptors (Lipinski definition) is 3. The average Bonchev–Trinajstić information content (AvgIpc) is 3.20.